The van der Waals surface area contributed by atoms with Crippen LogP contribution >= 0.6 is 0 Å². The zero-order valence-electron chi connectivity index (χ0n) is 10.3. The molecule has 0 bridgehead atoms. The van der Waals surface area contributed by atoms with Crippen molar-refractivity contribution in [3.8, 4) is 0 Å². The summed E-state index contributed by atoms with van der Waals surface area (Å²) < 4.78 is 13.1. The summed E-state index contributed by atoms with van der Waals surface area (Å²) in [6.45, 7) is 2.66. The number of hydrogen-bond acceptors (Lipinski definition) is 2. The van der Waals surface area contributed by atoms with Crippen molar-refractivity contribution in [1.82, 2.24) is 5.32 Å². The highest BCUT2D eigenvalue weighted by Gasteiger charge is 2.32. The lowest BCUT2D eigenvalue weighted by molar-refractivity contribution is 0.163. The molecule has 0 unspecified atom stereocenters. The molecule has 2 nitrogen and oxygen atoms in total. The highest BCUT2D eigenvalue weighted by Crippen LogP contribution is 2.29. The normalized spacial score (nSPS) is 18.5. The van der Waals surface area contributed by atoms with Crippen LogP contribution in [-0.4, -0.2) is 17.3 Å². The molecule has 0 radical (unpaired) electrons. The van der Waals surface area contributed by atoms with Crippen LogP contribution in [0.2, 0.25) is 0 Å². The minimum absolute atomic E-state index is 0.109. The molecule has 1 aliphatic rings. The largest absolute Gasteiger partial charge is 0.394 e. The van der Waals surface area contributed by atoms with Crippen molar-refractivity contribution in [3.63, 3.8) is 0 Å². The second-order valence-electron chi connectivity index (χ2n) is 5.08. The van der Waals surface area contributed by atoms with Crippen LogP contribution in [0.4, 0.5) is 4.39 Å². The molecule has 1 fully saturated rings. The molecule has 1 aromatic carbocycles. The van der Waals surface area contributed by atoms with Gasteiger partial charge in [0.2, 0.25) is 0 Å². The summed E-state index contributed by atoms with van der Waals surface area (Å²) in [5, 5.41) is 12.9. The van der Waals surface area contributed by atoms with Gasteiger partial charge in [-0.3, -0.25) is 0 Å². The first-order valence-corrected chi connectivity index (χ1v) is 6.26. The van der Waals surface area contributed by atoms with E-state index in [4.69, 9.17) is 0 Å². The molecule has 0 amide bonds. The Hall–Kier alpha value is -0.930. The molecule has 0 spiro atoms. The number of aryl methyl sites for hydroxylation is 1. The average molecular weight is 237 g/mol. The fraction of sp³-hybridized carbons (Fsp3) is 0.571. The molecular weight excluding hydrogens is 217 g/mol. The maximum atomic E-state index is 13.1. The molecular formula is C14H20FNO. The van der Waals surface area contributed by atoms with Gasteiger partial charge in [0.05, 0.1) is 6.61 Å². The average Bonchev–Trinajstić information content (AvgIpc) is 2.80. The number of nitrogens with one attached hydrogen (secondary N) is 1. The Labute approximate surface area is 102 Å². The topological polar surface area (TPSA) is 32.3 Å². The van der Waals surface area contributed by atoms with Crippen molar-refractivity contribution >= 4 is 0 Å². The van der Waals surface area contributed by atoms with E-state index in [9.17, 15) is 9.50 Å². The Morgan fingerprint density at radius 3 is 2.65 bits per heavy atom. The van der Waals surface area contributed by atoms with E-state index < -0.39 is 0 Å². The third kappa shape index (κ3) is 2.85. The lowest BCUT2D eigenvalue weighted by Gasteiger charge is -2.28. The van der Waals surface area contributed by atoms with Gasteiger partial charge in [0, 0.05) is 12.1 Å². The highest BCUT2D eigenvalue weighted by atomic mass is 19.1. The van der Waals surface area contributed by atoms with Gasteiger partial charge in [-0.15, -0.1) is 0 Å². The van der Waals surface area contributed by atoms with Crippen LogP contribution in [0.15, 0.2) is 18.2 Å². The van der Waals surface area contributed by atoms with Crippen molar-refractivity contribution in [3.05, 3.63) is 35.1 Å². The van der Waals surface area contributed by atoms with Crippen LogP contribution in [0.25, 0.3) is 0 Å². The fourth-order valence-corrected chi connectivity index (χ4v) is 2.55. The second kappa shape index (κ2) is 5.15. The summed E-state index contributed by atoms with van der Waals surface area (Å²) in [5.74, 6) is -0.161. The van der Waals surface area contributed by atoms with Gasteiger partial charge in [-0.2, -0.15) is 0 Å². The molecule has 0 atom stereocenters. The molecule has 1 saturated carbocycles. The van der Waals surface area contributed by atoms with E-state index in [0.29, 0.717) is 12.1 Å². The first-order chi connectivity index (χ1) is 8.15. The number of benzene rings is 1. The molecule has 0 aromatic heterocycles. The number of hydrogen-bond donors (Lipinski definition) is 2. The van der Waals surface area contributed by atoms with E-state index in [1.165, 1.54) is 18.9 Å². The van der Waals surface area contributed by atoms with Crippen molar-refractivity contribution in [2.45, 2.75) is 44.7 Å². The summed E-state index contributed by atoms with van der Waals surface area (Å²) in [6.07, 6.45) is 4.42. The molecule has 94 valence electrons. The van der Waals surface area contributed by atoms with Crippen molar-refractivity contribution < 1.29 is 9.50 Å². The van der Waals surface area contributed by atoms with Crippen LogP contribution < -0.4 is 5.32 Å². The maximum Gasteiger partial charge on any atom is 0.126 e. The van der Waals surface area contributed by atoms with Gasteiger partial charge >= 0.3 is 0 Å². The van der Waals surface area contributed by atoms with E-state index in [1.807, 2.05) is 6.07 Å². The summed E-state index contributed by atoms with van der Waals surface area (Å²) in [7, 11) is 0. The standard InChI is InChI=1S/C14H20FNO/c1-11-8-12(4-5-13(11)15)9-16-14(10-17)6-2-3-7-14/h4-5,8,16-17H,2-3,6-7,9-10H2,1H3. The molecule has 2 N–H and O–H groups in total. The van der Waals surface area contributed by atoms with Gasteiger partial charge in [0.1, 0.15) is 5.82 Å². The van der Waals surface area contributed by atoms with Gasteiger partial charge in [0.15, 0.2) is 0 Å². The predicted octanol–water partition coefficient (Wildman–Crippen LogP) is 2.53. The van der Waals surface area contributed by atoms with Crippen molar-refractivity contribution in [1.29, 1.82) is 0 Å². The smallest absolute Gasteiger partial charge is 0.126 e. The minimum atomic E-state index is -0.161. The molecule has 1 aromatic rings. The molecule has 0 saturated heterocycles. The van der Waals surface area contributed by atoms with Gasteiger partial charge in [0.25, 0.3) is 0 Å². The lowest BCUT2D eigenvalue weighted by atomic mass is 9.98. The zero-order valence-corrected chi connectivity index (χ0v) is 10.3. The summed E-state index contributed by atoms with van der Waals surface area (Å²) in [5.41, 5.74) is 1.64. The number of halogens is 1. The fourth-order valence-electron chi connectivity index (χ4n) is 2.55. The number of rotatable bonds is 4. The number of aliphatic hydroxyl groups is 1. The summed E-state index contributed by atoms with van der Waals surface area (Å²) in [6, 6.07) is 5.17. The molecule has 0 heterocycles. The van der Waals surface area contributed by atoms with Crippen molar-refractivity contribution in [2.24, 2.45) is 0 Å². The molecule has 2 rings (SSSR count). The SMILES string of the molecule is Cc1cc(CNC2(CO)CCCC2)ccc1F. The quantitative estimate of drug-likeness (QED) is 0.843. The molecule has 1 aliphatic carbocycles. The van der Waals surface area contributed by atoms with Gasteiger partial charge in [-0.05, 0) is 37.0 Å². The van der Waals surface area contributed by atoms with Crippen LogP contribution in [0, 0.1) is 12.7 Å². The van der Waals surface area contributed by atoms with Crippen LogP contribution in [0.5, 0.6) is 0 Å². The molecule has 0 aliphatic heterocycles. The van der Waals surface area contributed by atoms with Gasteiger partial charge < -0.3 is 10.4 Å². The third-order valence-corrected chi connectivity index (χ3v) is 3.75. The second-order valence-corrected chi connectivity index (χ2v) is 5.08. The van der Waals surface area contributed by atoms with E-state index in [1.54, 1.807) is 13.0 Å². The molecule has 17 heavy (non-hydrogen) atoms. The summed E-state index contributed by atoms with van der Waals surface area (Å²) in [4.78, 5) is 0. The monoisotopic (exact) mass is 237 g/mol. The predicted molar refractivity (Wildman–Crippen MR) is 66.3 cm³/mol. The number of aliphatic hydroxyl groups excluding tert-OH is 1. The van der Waals surface area contributed by atoms with Crippen LogP contribution in [-0.2, 0) is 6.54 Å². The van der Waals surface area contributed by atoms with Crippen LogP contribution in [0.3, 0.4) is 0 Å². The van der Waals surface area contributed by atoms with E-state index >= 15 is 0 Å². The van der Waals surface area contributed by atoms with Gasteiger partial charge in [-0.1, -0.05) is 25.0 Å². The lowest BCUT2D eigenvalue weighted by Crippen LogP contribution is -2.45. The maximum absolute atomic E-state index is 13.1. The Kier molecular flexibility index (Phi) is 3.79. The van der Waals surface area contributed by atoms with Gasteiger partial charge in [-0.25, -0.2) is 4.39 Å². The first kappa shape index (κ1) is 12.5. The Morgan fingerprint density at radius 2 is 2.06 bits per heavy atom. The zero-order chi connectivity index (χ0) is 12.3. The molecule has 3 heteroatoms. The Balaban J connectivity index is 1.99. The van der Waals surface area contributed by atoms with E-state index in [-0.39, 0.29) is 18.0 Å². The van der Waals surface area contributed by atoms with Crippen molar-refractivity contribution in [2.75, 3.05) is 6.61 Å². The highest BCUT2D eigenvalue weighted by molar-refractivity contribution is 5.24. The van der Waals surface area contributed by atoms with E-state index in [2.05, 4.69) is 5.32 Å². The van der Waals surface area contributed by atoms with Crippen LogP contribution in [0.1, 0.15) is 36.8 Å². The summed E-state index contributed by atoms with van der Waals surface area (Å²) >= 11 is 0. The first-order valence-electron chi connectivity index (χ1n) is 6.26. The minimum Gasteiger partial charge on any atom is -0.394 e. The Bertz CT molecular complexity index is 386. The third-order valence-electron chi connectivity index (χ3n) is 3.75. The Morgan fingerprint density at radius 1 is 1.35 bits per heavy atom. The van der Waals surface area contributed by atoms with E-state index in [0.717, 1.165) is 18.4 Å².